The van der Waals surface area contributed by atoms with Crippen molar-refractivity contribution in [3.8, 4) is 0 Å². The minimum atomic E-state index is -3.32. The van der Waals surface area contributed by atoms with Gasteiger partial charge in [-0.3, -0.25) is 4.72 Å². The van der Waals surface area contributed by atoms with Crippen molar-refractivity contribution in [1.82, 2.24) is 0 Å². The Bertz CT molecular complexity index is 642. The largest absolute Gasteiger partial charge is 0.284 e. The molecule has 0 aromatic heterocycles. The topological polar surface area (TPSA) is 46.2 Å². The molecule has 0 radical (unpaired) electrons. The summed E-state index contributed by atoms with van der Waals surface area (Å²) in [6, 6.07) is 16.5. The van der Waals surface area contributed by atoms with E-state index in [4.69, 9.17) is 0 Å². The highest BCUT2D eigenvalue weighted by Crippen LogP contribution is 2.17. The summed E-state index contributed by atoms with van der Waals surface area (Å²) in [5.41, 5.74) is 1.58. The number of halogens is 1. The van der Waals surface area contributed by atoms with Gasteiger partial charge in [0.25, 0.3) is 0 Å². The summed E-state index contributed by atoms with van der Waals surface area (Å²) >= 11 is 3.42. The molecule has 5 heteroatoms. The molecule has 2 aromatic carbocycles. The molecule has 0 atom stereocenters. The maximum atomic E-state index is 12.0. The summed E-state index contributed by atoms with van der Waals surface area (Å²) in [4.78, 5) is 0. The van der Waals surface area contributed by atoms with Crippen molar-refractivity contribution >= 4 is 31.6 Å². The molecule has 19 heavy (non-hydrogen) atoms. The van der Waals surface area contributed by atoms with Gasteiger partial charge >= 0.3 is 0 Å². The number of anilines is 1. The van der Waals surface area contributed by atoms with Crippen LogP contribution in [0.1, 0.15) is 5.56 Å². The monoisotopic (exact) mass is 339 g/mol. The highest BCUT2D eigenvalue weighted by molar-refractivity contribution is 9.10. The Hall–Kier alpha value is -1.33. The fourth-order valence-electron chi connectivity index (χ4n) is 1.68. The lowest BCUT2D eigenvalue weighted by Gasteiger charge is -2.08. The van der Waals surface area contributed by atoms with Crippen LogP contribution >= 0.6 is 15.9 Å². The minimum absolute atomic E-state index is 0.0600. The van der Waals surface area contributed by atoms with Crippen LogP contribution in [0.2, 0.25) is 0 Å². The van der Waals surface area contributed by atoms with E-state index in [1.165, 1.54) is 0 Å². The van der Waals surface area contributed by atoms with Gasteiger partial charge in [0.2, 0.25) is 10.0 Å². The Morgan fingerprint density at radius 2 is 1.58 bits per heavy atom. The Labute approximate surface area is 121 Å². The second-order valence-electron chi connectivity index (χ2n) is 4.13. The first kappa shape index (κ1) is 14.1. The van der Waals surface area contributed by atoms with Crippen molar-refractivity contribution in [3.05, 3.63) is 64.6 Å². The molecule has 0 unspecified atom stereocenters. The Balaban J connectivity index is 2.01. The van der Waals surface area contributed by atoms with Crippen molar-refractivity contribution < 1.29 is 8.42 Å². The first-order chi connectivity index (χ1) is 9.07. The minimum Gasteiger partial charge on any atom is -0.284 e. The molecular weight excluding hydrogens is 326 g/mol. The van der Waals surface area contributed by atoms with E-state index in [1.54, 1.807) is 24.3 Å². The number of benzene rings is 2. The van der Waals surface area contributed by atoms with Crippen LogP contribution in [-0.4, -0.2) is 14.2 Å². The Kier molecular flexibility index (Phi) is 4.61. The molecular formula is C14H14BrNO2S. The van der Waals surface area contributed by atoms with Crippen molar-refractivity contribution in [3.63, 3.8) is 0 Å². The van der Waals surface area contributed by atoms with Gasteiger partial charge in [-0.1, -0.05) is 52.3 Å². The number of para-hydroxylation sites is 1. The molecule has 0 amide bonds. The average Bonchev–Trinajstić information content (AvgIpc) is 2.38. The number of aryl methyl sites for hydroxylation is 1. The maximum Gasteiger partial charge on any atom is 0.233 e. The fourth-order valence-corrected chi connectivity index (χ4v) is 3.25. The average molecular weight is 340 g/mol. The molecule has 2 rings (SSSR count). The SMILES string of the molecule is O=S(=O)(CCc1ccccc1Br)Nc1ccccc1. The van der Waals surface area contributed by atoms with E-state index in [-0.39, 0.29) is 5.75 Å². The molecule has 0 bridgehead atoms. The van der Waals surface area contributed by atoms with Gasteiger partial charge in [0.05, 0.1) is 5.75 Å². The van der Waals surface area contributed by atoms with E-state index in [0.29, 0.717) is 12.1 Å². The first-order valence-electron chi connectivity index (χ1n) is 5.86. The number of rotatable bonds is 5. The van der Waals surface area contributed by atoms with Gasteiger partial charge in [0.15, 0.2) is 0 Å². The molecule has 0 spiro atoms. The van der Waals surface area contributed by atoms with E-state index in [1.807, 2.05) is 30.3 Å². The van der Waals surface area contributed by atoms with Crippen LogP contribution in [0.4, 0.5) is 5.69 Å². The molecule has 0 fully saturated rings. The summed E-state index contributed by atoms with van der Waals surface area (Å²) in [5.74, 6) is 0.0600. The van der Waals surface area contributed by atoms with Gasteiger partial charge in [-0.05, 0) is 30.2 Å². The molecule has 0 aliphatic carbocycles. The molecule has 0 saturated carbocycles. The zero-order chi connectivity index (χ0) is 13.7. The van der Waals surface area contributed by atoms with Crippen LogP contribution in [0, 0.1) is 0 Å². The van der Waals surface area contributed by atoms with Crippen molar-refractivity contribution in [2.75, 3.05) is 10.5 Å². The summed E-state index contributed by atoms with van der Waals surface area (Å²) in [7, 11) is -3.32. The van der Waals surface area contributed by atoms with E-state index >= 15 is 0 Å². The molecule has 0 saturated heterocycles. The predicted molar refractivity (Wildman–Crippen MR) is 81.7 cm³/mol. The molecule has 2 aromatic rings. The predicted octanol–water partition coefficient (Wildman–Crippen LogP) is 3.43. The summed E-state index contributed by atoms with van der Waals surface area (Å²) in [6.07, 6.45) is 0.476. The van der Waals surface area contributed by atoms with Gasteiger partial charge in [-0.2, -0.15) is 0 Å². The van der Waals surface area contributed by atoms with Crippen LogP contribution in [-0.2, 0) is 16.4 Å². The highest BCUT2D eigenvalue weighted by atomic mass is 79.9. The van der Waals surface area contributed by atoms with Crippen LogP contribution in [0.5, 0.6) is 0 Å². The van der Waals surface area contributed by atoms with Gasteiger partial charge in [0.1, 0.15) is 0 Å². The van der Waals surface area contributed by atoms with Gasteiger partial charge < -0.3 is 0 Å². The number of sulfonamides is 1. The summed E-state index contributed by atoms with van der Waals surface area (Å²) in [6.45, 7) is 0. The molecule has 1 N–H and O–H groups in total. The summed E-state index contributed by atoms with van der Waals surface area (Å²) in [5, 5.41) is 0. The van der Waals surface area contributed by atoms with Crippen molar-refractivity contribution in [1.29, 1.82) is 0 Å². The van der Waals surface area contributed by atoms with E-state index in [2.05, 4.69) is 20.7 Å². The van der Waals surface area contributed by atoms with Crippen molar-refractivity contribution in [2.45, 2.75) is 6.42 Å². The van der Waals surface area contributed by atoms with Crippen LogP contribution in [0.25, 0.3) is 0 Å². The number of nitrogens with one attached hydrogen (secondary N) is 1. The Morgan fingerprint density at radius 3 is 2.26 bits per heavy atom. The van der Waals surface area contributed by atoms with Crippen LogP contribution in [0.3, 0.4) is 0 Å². The standard InChI is InChI=1S/C14H14BrNO2S/c15-14-9-5-4-6-12(14)10-11-19(17,18)16-13-7-2-1-3-8-13/h1-9,16H,10-11H2. The smallest absolute Gasteiger partial charge is 0.233 e. The van der Waals surface area contributed by atoms with E-state index < -0.39 is 10.0 Å². The lowest BCUT2D eigenvalue weighted by Crippen LogP contribution is -2.18. The first-order valence-corrected chi connectivity index (χ1v) is 8.30. The zero-order valence-electron chi connectivity index (χ0n) is 10.2. The molecule has 0 heterocycles. The van der Waals surface area contributed by atoms with Crippen molar-refractivity contribution in [2.24, 2.45) is 0 Å². The quantitative estimate of drug-likeness (QED) is 0.906. The van der Waals surface area contributed by atoms with Gasteiger partial charge in [0, 0.05) is 10.2 Å². The molecule has 100 valence electrons. The van der Waals surface area contributed by atoms with E-state index in [9.17, 15) is 8.42 Å². The third-order valence-corrected chi connectivity index (χ3v) is 4.71. The number of hydrogen-bond donors (Lipinski definition) is 1. The molecule has 3 nitrogen and oxygen atoms in total. The van der Waals surface area contributed by atoms with Gasteiger partial charge in [-0.15, -0.1) is 0 Å². The third-order valence-electron chi connectivity index (χ3n) is 2.65. The van der Waals surface area contributed by atoms with E-state index in [0.717, 1.165) is 10.0 Å². The fraction of sp³-hybridized carbons (Fsp3) is 0.143. The summed E-state index contributed by atoms with van der Waals surface area (Å²) < 4.78 is 27.4. The third kappa shape index (κ3) is 4.36. The normalized spacial score (nSPS) is 11.2. The molecule has 0 aliphatic heterocycles. The van der Waals surface area contributed by atoms with Crippen LogP contribution < -0.4 is 4.72 Å². The second kappa shape index (κ2) is 6.21. The highest BCUT2D eigenvalue weighted by Gasteiger charge is 2.11. The molecule has 0 aliphatic rings. The lowest BCUT2D eigenvalue weighted by molar-refractivity contribution is 0.600. The maximum absolute atomic E-state index is 12.0. The van der Waals surface area contributed by atoms with Crippen LogP contribution in [0.15, 0.2) is 59.1 Å². The van der Waals surface area contributed by atoms with Gasteiger partial charge in [-0.25, -0.2) is 8.42 Å². The Morgan fingerprint density at radius 1 is 0.947 bits per heavy atom. The number of hydrogen-bond acceptors (Lipinski definition) is 2. The lowest BCUT2D eigenvalue weighted by atomic mass is 10.2. The zero-order valence-corrected chi connectivity index (χ0v) is 12.6. The second-order valence-corrected chi connectivity index (χ2v) is 6.82.